The third-order valence-electron chi connectivity index (χ3n) is 4.09. The van der Waals surface area contributed by atoms with Crippen molar-refractivity contribution < 1.29 is 0 Å². The molecule has 1 atom stereocenters. The van der Waals surface area contributed by atoms with Gasteiger partial charge in [-0.1, -0.05) is 47.5 Å². The van der Waals surface area contributed by atoms with E-state index in [0.717, 1.165) is 42.6 Å². The van der Waals surface area contributed by atoms with E-state index in [0.29, 0.717) is 0 Å². The van der Waals surface area contributed by atoms with Crippen LogP contribution in [0.1, 0.15) is 23.6 Å². The summed E-state index contributed by atoms with van der Waals surface area (Å²) in [5.74, 6) is 0. The van der Waals surface area contributed by atoms with Gasteiger partial charge in [0.1, 0.15) is 0 Å². The standard InChI is InChI=1S/C18H20Cl2N2/c19-16-7-5-14(6-8-16)18(15-3-1-4-17(20)13-15)22-11-2-9-21-10-12-22/h1,3-8,13,18,21H,2,9-12H2. The van der Waals surface area contributed by atoms with Crippen LogP contribution in [0.25, 0.3) is 0 Å². The van der Waals surface area contributed by atoms with Crippen molar-refractivity contribution >= 4 is 23.2 Å². The zero-order chi connectivity index (χ0) is 15.4. The quantitative estimate of drug-likeness (QED) is 0.896. The maximum absolute atomic E-state index is 6.22. The predicted molar refractivity (Wildman–Crippen MR) is 93.8 cm³/mol. The molecule has 0 saturated carbocycles. The van der Waals surface area contributed by atoms with E-state index in [1.54, 1.807) is 0 Å². The number of benzene rings is 2. The minimum atomic E-state index is 0.218. The summed E-state index contributed by atoms with van der Waals surface area (Å²) in [6, 6.07) is 16.6. The smallest absolute Gasteiger partial charge is 0.0602 e. The van der Waals surface area contributed by atoms with Gasteiger partial charge in [-0.15, -0.1) is 0 Å². The second-order valence-electron chi connectivity index (χ2n) is 5.65. The lowest BCUT2D eigenvalue weighted by Crippen LogP contribution is -2.33. The molecule has 2 aromatic rings. The van der Waals surface area contributed by atoms with Crippen LogP contribution in [0.4, 0.5) is 0 Å². The summed E-state index contributed by atoms with van der Waals surface area (Å²) in [7, 11) is 0. The summed E-state index contributed by atoms with van der Waals surface area (Å²) in [6.07, 6.45) is 1.16. The van der Waals surface area contributed by atoms with Gasteiger partial charge in [0, 0.05) is 29.7 Å². The molecule has 1 heterocycles. The highest BCUT2D eigenvalue weighted by Crippen LogP contribution is 2.31. The Balaban J connectivity index is 1.99. The third-order valence-corrected chi connectivity index (χ3v) is 4.58. The van der Waals surface area contributed by atoms with E-state index in [2.05, 4.69) is 34.5 Å². The molecule has 22 heavy (non-hydrogen) atoms. The van der Waals surface area contributed by atoms with Gasteiger partial charge in [0.25, 0.3) is 0 Å². The lowest BCUT2D eigenvalue weighted by molar-refractivity contribution is 0.241. The highest BCUT2D eigenvalue weighted by molar-refractivity contribution is 6.30. The molecule has 1 N–H and O–H groups in total. The average Bonchev–Trinajstić information content (AvgIpc) is 2.79. The molecule has 3 rings (SSSR count). The average molecular weight is 335 g/mol. The zero-order valence-electron chi connectivity index (χ0n) is 12.4. The summed E-state index contributed by atoms with van der Waals surface area (Å²) in [5.41, 5.74) is 2.49. The van der Waals surface area contributed by atoms with E-state index in [1.165, 1.54) is 11.1 Å². The van der Waals surface area contributed by atoms with Crippen molar-refractivity contribution in [1.29, 1.82) is 0 Å². The monoisotopic (exact) mass is 334 g/mol. The van der Waals surface area contributed by atoms with Crippen LogP contribution in [0, 0.1) is 0 Å². The lowest BCUT2D eigenvalue weighted by Gasteiger charge is -2.31. The summed E-state index contributed by atoms with van der Waals surface area (Å²) in [6.45, 7) is 4.21. The second-order valence-corrected chi connectivity index (χ2v) is 6.52. The summed E-state index contributed by atoms with van der Waals surface area (Å²) in [4.78, 5) is 2.52. The maximum atomic E-state index is 6.22. The molecule has 116 valence electrons. The van der Waals surface area contributed by atoms with Crippen molar-refractivity contribution in [3.05, 3.63) is 69.7 Å². The van der Waals surface area contributed by atoms with Crippen molar-refractivity contribution in [2.45, 2.75) is 12.5 Å². The van der Waals surface area contributed by atoms with Gasteiger partial charge < -0.3 is 5.32 Å². The fourth-order valence-electron chi connectivity index (χ4n) is 3.06. The molecular weight excluding hydrogens is 315 g/mol. The summed E-state index contributed by atoms with van der Waals surface area (Å²) in [5, 5.41) is 5.02. The number of hydrogen-bond acceptors (Lipinski definition) is 2. The first kappa shape index (κ1) is 15.8. The Morgan fingerprint density at radius 2 is 1.68 bits per heavy atom. The Morgan fingerprint density at radius 1 is 0.864 bits per heavy atom. The van der Waals surface area contributed by atoms with Gasteiger partial charge in [-0.2, -0.15) is 0 Å². The molecule has 1 unspecified atom stereocenters. The van der Waals surface area contributed by atoms with E-state index in [9.17, 15) is 0 Å². The SMILES string of the molecule is Clc1ccc(C(c2cccc(Cl)c2)N2CCCNCC2)cc1. The lowest BCUT2D eigenvalue weighted by atomic mass is 9.97. The molecule has 2 nitrogen and oxygen atoms in total. The fraction of sp³-hybridized carbons (Fsp3) is 0.333. The Morgan fingerprint density at radius 3 is 2.45 bits per heavy atom. The Labute approximate surface area is 142 Å². The molecule has 1 aliphatic rings. The number of hydrogen-bond donors (Lipinski definition) is 1. The summed E-state index contributed by atoms with van der Waals surface area (Å²) < 4.78 is 0. The Kier molecular flexibility index (Phi) is 5.37. The van der Waals surface area contributed by atoms with Crippen LogP contribution in [-0.4, -0.2) is 31.1 Å². The van der Waals surface area contributed by atoms with E-state index in [-0.39, 0.29) is 6.04 Å². The van der Waals surface area contributed by atoms with Gasteiger partial charge in [-0.05, 0) is 48.4 Å². The zero-order valence-corrected chi connectivity index (χ0v) is 13.9. The number of nitrogens with one attached hydrogen (secondary N) is 1. The third kappa shape index (κ3) is 3.82. The Hall–Kier alpha value is -1.06. The van der Waals surface area contributed by atoms with Crippen LogP contribution in [0.3, 0.4) is 0 Å². The minimum Gasteiger partial charge on any atom is -0.315 e. The first-order valence-corrected chi connectivity index (χ1v) is 8.45. The highest BCUT2D eigenvalue weighted by atomic mass is 35.5. The summed E-state index contributed by atoms with van der Waals surface area (Å²) >= 11 is 12.3. The number of rotatable bonds is 3. The molecule has 0 amide bonds. The minimum absolute atomic E-state index is 0.218. The van der Waals surface area contributed by atoms with E-state index < -0.39 is 0 Å². The highest BCUT2D eigenvalue weighted by Gasteiger charge is 2.23. The molecule has 0 bridgehead atoms. The molecule has 0 radical (unpaired) electrons. The molecule has 2 aromatic carbocycles. The number of nitrogens with zero attached hydrogens (tertiary/aromatic N) is 1. The normalized spacial score (nSPS) is 17.9. The van der Waals surface area contributed by atoms with Crippen LogP contribution in [0.2, 0.25) is 10.0 Å². The molecule has 0 spiro atoms. The van der Waals surface area contributed by atoms with Crippen molar-refractivity contribution in [2.24, 2.45) is 0 Å². The maximum Gasteiger partial charge on any atom is 0.0602 e. The largest absolute Gasteiger partial charge is 0.315 e. The van der Waals surface area contributed by atoms with Gasteiger partial charge in [0.05, 0.1) is 6.04 Å². The fourth-order valence-corrected chi connectivity index (χ4v) is 3.39. The van der Waals surface area contributed by atoms with E-state index in [1.807, 2.05) is 24.3 Å². The van der Waals surface area contributed by atoms with Gasteiger partial charge in [0.2, 0.25) is 0 Å². The van der Waals surface area contributed by atoms with Crippen molar-refractivity contribution in [3.63, 3.8) is 0 Å². The van der Waals surface area contributed by atoms with Crippen molar-refractivity contribution in [1.82, 2.24) is 10.2 Å². The first-order chi connectivity index (χ1) is 10.7. The first-order valence-electron chi connectivity index (χ1n) is 7.70. The van der Waals surface area contributed by atoms with Crippen LogP contribution in [0.15, 0.2) is 48.5 Å². The second kappa shape index (κ2) is 7.47. The van der Waals surface area contributed by atoms with Crippen LogP contribution < -0.4 is 5.32 Å². The predicted octanol–water partition coefficient (Wildman–Crippen LogP) is 4.38. The van der Waals surface area contributed by atoms with E-state index in [4.69, 9.17) is 23.2 Å². The van der Waals surface area contributed by atoms with Gasteiger partial charge in [-0.25, -0.2) is 0 Å². The molecule has 4 heteroatoms. The molecule has 0 aliphatic carbocycles. The van der Waals surface area contributed by atoms with Gasteiger partial charge in [0.15, 0.2) is 0 Å². The molecule has 1 saturated heterocycles. The van der Waals surface area contributed by atoms with Gasteiger partial charge in [-0.3, -0.25) is 4.90 Å². The Bertz CT molecular complexity index is 605. The van der Waals surface area contributed by atoms with Crippen molar-refractivity contribution in [2.75, 3.05) is 26.2 Å². The van der Waals surface area contributed by atoms with Crippen molar-refractivity contribution in [3.8, 4) is 0 Å². The molecule has 1 aliphatic heterocycles. The van der Waals surface area contributed by atoms with Crippen LogP contribution in [-0.2, 0) is 0 Å². The van der Waals surface area contributed by atoms with Gasteiger partial charge >= 0.3 is 0 Å². The number of halogens is 2. The van der Waals surface area contributed by atoms with Crippen LogP contribution >= 0.6 is 23.2 Å². The van der Waals surface area contributed by atoms with E-state index >= 15 is 0 Å². The molecule has 1 fully saturated rings. The van der Waals surface area contributed by atoms with Crippen LogP contribution in [0.5, 0.6) is 0 Å². The molecular formula is C18H20Cl2N2. The topological polar surface area (TPSA) is 15.3 Å². The molecule has 0 aromatic heterocycles.